The molecule has 0 bridgehead atoms. The van der Waals surface area contributed by atoms with Crippen LogP contribution in [0.25, 0.3) is 0 Å². The molecule has 21 heavy (non-hydrogen) atoms. The van der Waals surface area contributed by atoms with E-state index in [2.05, 4.69) is 48.2 Å². The van der Waals surface area contributed by atoms with Gasteiger partial charge < -0.3 is 10.1 Å². The second-order valence-electron chi connectivity index (χ2n) is 5.27. The summed E-state index contributed by atoms with van der Waals surface area (Å²) in [6.45, 7) is 9.06. The van der Waals surface area contributed by atoms with Crippen molar-refractivity contribution in [1.82, 2.24) is 15.3 Å². The Kier molecular flexibility index (Phi) is 4.91. The minimum absolute atomic E-state index is 0.0151. The van der Waals surface area contributed by atoms with Crippen molar-refractivity contribution in [1.29, 1.82) is 0 Å². The molecule has 0 saturated carbocycles. The molecule has 0 aliphatic carbocycles. The molecule has 2 rings (SSSR count). The van der Waals surface area contributed by atoms with Crippen LogP contribution in [0.2, 0.25) is 0 Å². The first kappa shape index (κ1) is 15.4. The van der Waals surface area contributed by atoms with Gasteiger partial charge in [0.15, 0.2) is 0 Å². The highest BCUT2D eigenvalue weighted by molar-refractivity contribution is 5.47. The number of nitrogens with one attached hydrogen (secondary N) is 1. The zero-order valence-electron chi connectivity index (χ0n) is 13.4. The number of rotatable bonds is 5. The van der Waals surface area contributed by atoms with Gasteiger partial charge in [-0.2, -0.15) is 0 Å². The first-order valence-corrected chi connectivity index (χ1v) is 7.23. The Morgan fingerprint density at radius 1 is 1.14 bits per heavy atom. The van der Waals surface area contributed by atoms with Crippen molar-refractivity contribution in [2.24, 2.45) is 0 Å². The number of benzene rings is 1. The van der Waals surface area contributed by atoms with Gasteiger partial charge in [0.05, 0.1) is 30.7 Å². The fraction of sp³-hybridized carbons (Fsp3) is 0.412. The van der Waals surface area contributed by atoms with E-state index in [4.69, 9.17) is 4.74 Å². The van der Waals surface area contributed by atoms with E-state index in [0.717, 1.165) is 29.2 Å². The van der Waals surface area contributed by atoms with Crippen molar-refractivity contribution in [2.45, 2.75) is 33.7 Å². The van der Waals surface area contributed by atoms with Gasteiger partial charge in [0, 0.05) is 11.8 Å². The van der Waals surface area contributed by atoms with Crippen LogP contribution in [-0.4, -0.2) is 23.6 Å². The maximum atomic E-state index is 5.59. The molecule has 1 heterocycles. The van der Waals surface area contributed by atoms with E-state index in [9.17, 15) is 0 Å². The molecule has 1 aromatic heterocycles. The molecule has 0 saturated heterocycles. The lowest BCUT2D eigenvalue weighted by atomic mass is 9.95. The second-order valence-corrected chi connectivity index (χ2v) is 5.27. The smallest absolute Gasteiger partial charge is 0.124 e. The molecule has 4 nitrogen and oxygen atoms in total. The molecule has 1 aromatic carbocycles. The summed E-state index contributed by atoms with van der Waals surface area (Å²) in [5.41, 5.74) is 5.34. The summed E-state index contributed by atoms with van der Waals surface area (Å²) in [6.07, 6.45) is 3.64. The molecule has 0 aliphatic rings. The van der Waals surface area contributed by atoms with Gasteiger partial charge in [0.2, 0.25) is 0 Å². The van der Waals surface area contributed by atoms with Crippen LogP contribution in [0.15, 0.2) is 24.5 Å². The Morgan fingerprint density at radius 2 is 1.90 bits per heavy atom. The van der Waals surface area contributed by atoms with Crippen LogP contribution in [0.5, 0.6) is 5.75 Å². The van der Waals surface area contributed by atoms with Crippen molar-refractivity contribution >= 4 is 0 Å². The van der Waals surface area contributed by atoms with Gasteiger partial charge in [-0.3, -0.25) is 9.97 Å². The van der Waals surface area contributed by atoms with Crippen LogP contribution in [0, 0.1) is 20.8 Å². The predicted molar refractivity (Wildman–Crippen MR) is 84.8 cm³/mol. The van der Waals surface area contributed by atoms with Gasteiger partial charge in [0.25, 0.3) is 0 Å². The largest absolute Gasteiger partial charge is 0.496 e. The fourth-order valence-electron chi connectivity index (χ4n) is 2.59. The van der Waals surface area contributed by atoms with Crippen LogP contribution in [0.3, 0.4) is 0 Å². The maximum Gasteiger partial charge on any atom is 0.124 e. The summed E-state index contributed by atoms with van der Waals surface area (Å²) in [5.74, 6) is 0.890. The molecule has 0 fully saturated rings. The molecule has 2 aromatic rings. The van der Waals surface area contributed by atoms with Crippen LogP contribution in [0.4, 0.5) is 0 Å². The lowest BCUT2D eigenvalue weighted by molar-refractivity contribution is 0.402. The number of ether oxygens (including phenoxy) is 1. The van der Waals surface area contributed by atoms with Gasteiger partial charge in [-0.15, -0.1) is 0 Å². The van der Waals surface area contributed by atoms with Crippen molar-refractivity contribution in [2.75, 3.05) is 13.7 Å². The third-order valence-electron chi connectivity index (χ3n) is 3.51. The van der Waals surface area contributed by atoms with Gasteiger partial charge >= 0.3 is 0 Å². The van der Waals surface area contributed by atoms with Gasteiger partial charge in [0.1, 0.15) is 5.75 Å². The summed E-state index contributed by atoms with van der Waals surface area (Å²) < 4.78 is 5.59. The third kappa shape index (κ3) is 3.39. The Morgan fingerprint density at radius 3 is 2.48 bits per heavy atom. The molecule has 4 heteroatoms. The summed E-state index contributed by atoms with van der Waals surface area (Å²) in [5, 5.41) is 3.49. The summed E-state index contributed by atoms with van der Waals surface area (Å²) in [7, 11) is 1.71. The van der Waals surface area contributed by atoms with Crippen molar-refractivity contribution in [3.63, 3.8) is 0 Å². The van der Waals surface area contributed by atoms with E-state index in [0.29, 0.717) is 0 Å². The Labute approximate surface area is 126 Å². The number of hydrogen-bond donors (Lipinski definition) is 1. The summed E-state index contributed by atoms with van der Waals surface area (Å²) in [6, 6.07) is 4.22. The van der Waals surface area contributed by atoms with E-state index in [1.165, 1.54) is 11.1 Å². The molecule has 1 atom stereocenters. The highest BCUT2D eigenvalue weighted by atomic mass is 16.5. The second kappa shape index (κ2) is 6.68. The molecular weight excluding hydrogens is 262 g/mol. The number of nitrogens with zero attached hydrogens (tertiary/aromatic N) is 2. The number of aryl methyl sites for hydroxylation is 3. The Hall–Kier alpha value is -1.94. The van der Waals surface area contributed by atoms with Crippen molar-refractivity contribution in [3.8, 4) is 5.75 Å². The SMILES string of the molecule is CCNC(c1cnc(C)cn1)c1c(C)cc(C)cc1OC. The molecule has 0 aliphatic heterocycles. The highest BCUT2D eigenvalue weighted by Crippen LogP contribution is 2.33. The molecule has 112 valence electrons. The maximum absolute atomic E-state index is 5.59. The molecule has 1 N–H and O–H groups in total. The minimum atomic E-state index is -0.0151. The van der Waals surface area contributed by atoms with Crippen LogP contribution in [-0.2, 0) is 0 Å². The first-order valence-electron chi connectivity index (χ1n) is 7.23. The van der Waals surface area contributed by atoms with E-state index in [-0.39, 0.29) is 6.04 Å². The quantitative estimate of drug-likeness (QED) is 0.917. The zero-order chi connectivity index (χ0) is 15.4. The monoisotopic (exact) mass is 285 g/mol. The zero-order valence-corrected chi connectivity index (χ0v) is 13.4. The molecule has 1 unspecified atom stereocenters. The lowest BCUT2D eigenvalue weighted by Gasteiger charge is -2.22. The third-order valence-corrected chi connectivity index (χ3v) is 3.51. The fourth-order valence-corrected chi connectivity index (χ4v) is 2.59. The average Bonchev–Trinajstić information content (AvgIpc) is 2.46. The topological polar surface area (TPSA) is 47.0 Å². The average molecular weight is 285 g/mol. The van der Waals surface area contributed by atoms with E-state index in [1.807, 2.05) is 13.1 Å². The normalized spacial score (nSPS) is 12.2. The first-order chi connectivity index (χ1) is 10.1. The van der Waals surface area contributed by atoms with Crippen molar-refractivity contribution < 1.29 is 4.74 Å². The lowest BCUT2D eigenvalue weighted by Crippen LogP contribution is -2.24. The molecule has 0 radical (unpaired) electrons. The molecule has 0 amide bonds. The standard InChI is InChI=1S/C17H23N3O/c1-6-18-17(14-10-19-13(4)9-20-14)16-12(3)7-11(2)8-15(16)21-5/h7-10,17-18H,6H2,1-5H3. The Balaban J connectivity index is 2.55. The summed E-state index contributed by atoms with van der Waals surface area (Å²) in [4.78, 5) is 8.90. The van der Waals surface area contributed by atoms with Gasteiger partial charge in [-0.1, -0.05) is 13.0 Å². The Bertz CT molecular complexity index is 608. The number of methoxy groups -OCH3 is 1. The van der Waals surface area contributed by atoms with Crippen molar-refractivity contribution in [3.05, 3.63) is 52.6 Å². The van der Waals surface area contributed by atoms with Crippen LogP contribution in [0.1, 0.15) is 41.0 Å². The van der Waals surface area contributed by atoms with Gasteiger partial charge in [-0.05, 0) is 44.5 Å². The number of aromatic nitrogens is 2. The van der Waals surface area contributed by atoms with Crippen LogP contribution < -0.4 is 10.1 Å². The predicted octanol–water partition coefficient (Wildman–Crippen LogP) is 3.11. The van der Waals surface area contributed by atoms with E-state index in [1.54, 1.807) is 13.3 Å². The highest BCUT2D eigenvalue weighted by Gasteiger charge is 2.21. The molecular formula is C17H23N3O. The van der Waals surface area contributed by atoms with E-state index < -0.39 is 0 Å². The summed E-state index contributed by atoms with van der Waals surface area (Å²) >= 11 is 0. The number of hydrogen-bond acceptors (Lipinski definition) is 4. The molecule has 0 spiro atoms. The minimum Gasteiger partial charge on any atom is -0.496 e. The van der Waals surface area contributed by atoms with E-state index >= 15 is 0 Å². The van der Waals surface area contributed by atoms with Gasteiger partial charge in [-0.25, -0.2) is 0 Å². The van der Waals surface area contributed by atoms with Crippen LogP contribution >= 0.6 is 0 Å².